The summed E-state index contributed by atoms with van der Waals surface area (Å²) in [5, 5.41) is 8.25. The Balaban J connectivity index is 1.72. The van der Waals surface area contributed by atoms with E-state index in [4.69, 9.17) is 4.74 Å². The lowest BCUT2D eigenvalue weighted by Gasteiger charge is -2.22. The van der Waals surface area contributed by atoms with Gasteiger partial charge in [-0.3, -0.25) is 4.79 Å². The molecule has 1 aromatic rings. The quantitative estimate of drug-likeness (QED) is 0.748. The van der Waals surface area contributed by atoms with Gasteiger partial charge in [-0.05, 0) is 25.8 Å². The van der Waals surface area contributed by atoms with Gasteiger partial charge in [-0.25, -0.2) is 9.78 Å². The van der Waals surface area contributed by atoms with Gasteiger partial charge >= 0.3 is 6.03 Å². The minimum atomic E-state index is -0.283. The van der Waals surface area contributed by atoms with Gasteiger partial charge in [-0.15, -0.1) is 0 Å². The lowest BCUT2D eigenvalue weighted by atomic mass is 9.95. The summed E-state index contributed by atoms with van der Waals surface area (Å²) < 4.78 is 5.37. The summed E-state index contributed by atoms with van der Waals surface area (Å²) in [6.07, 6.45) is 7.18. The zero-order valence-electron chi connectivity index (χ0n) is 13.4. The SMILES string of the molecule is CCNC(=O)Nc1ccc(OCC(=O)NC2CCCCC2)nc1. The largest absolute Gasteiger partial charge is 0.468 e. The molecule has 0 saturated heterocycles. The van der Waals surface area contributed by atoms with Gasteiger partial charge < -0.3 is 20.7 Å². The average molecular weight is 320 g/mol. The van der Waals surface area contributed by atoms with E-state index in [-0.39, 0.29) is 24.6 Å². The van der Waals surface area contributed by atoms with Crippen LogP contribution in [0.1, 0.15) is 39.0 Å². The monoisotopic (exact) mass is 320 g/mol. The number of nitrogens with zero attached hydrogens (tertiary/aromatic N) is 1. The normalized spacial score (nSPS) is 14.8. The van der Waals surface area contributed by atoms with Crippen LogP contribution in [0.3, 0.4) is 0 Å². The second-order valence-corrected chi connectivity index (χ2v) is 5.56. The number of aromatic nitrogens is 1. The van der Waals surface area contributed by atoms with E-state index < -0.39 is 0 Å². The number of ether oxygens (including phenoxy) is 1. The summed E-state index contributed by atoms with van der Waals surface area (Å²) >= 11 is 0. The van der Waals surface area contributed by atoms with Gasteiger partial charge in [0.25, 0.3) is 5.91 Å². The van der Waals surface area contributed by atoms with Crippen LogP contribution in [-0.4, -0.2) is 36.1 Å². The van der Waals surface area contributed by atoms with E-state index in [0.717, 1.165) is 12.8 Å². The average Bonchev–Trinajstić information content (AvgIpc) is 2.55. The number of urea groups is 1. The van der Waals surface area contributed by atoms with E-state index in [9.17, 15) is 9.59 Å². The zero-order chi connectivity index (χ0) is 16.5. The molecule has 0 aliphatic heterocycles. The summed E-state index contributed by atoms with van der Waals surface area (Å²) in [7, 11) is 0. The molecule has 3 N–H and O–H groups in total. The number of anilines is 1. The number of pyridine rings is 1. The van der Waals surface area contributed by atoms with Crippen LogP contribution in [-0.2, 0) is 4.79 Å². The van der Waals surface area contributed by atoms with Crippen molar-refractivity contribution in [3.63, 3.8) is 0 Å². The molecule has 1 aliphatic rings. The highest BCUT2D eigenvalue weighted by Crippen LogP contribution is 2.17. The van der Waals surface area contributed by atoms with Crippen molar-refractivity contribution in [1.82, 2.24) is 15.6 Å². The molecule has 1 aromatic heterocycles. The molecular formula is C16H24N4O3. The first-order valence-corrected chi connectivity index (χ1v) is 8.10. The van der Waals surface area contributed by atoms with Gasteiger partial charge in [0.15, 0.2) is 6.61 Å². The minimum absolute atomic E-state index is 0.0490. The molecule has 23 heavy (non-hydrogen) atoms. The van der Waals surface area contributed by atoms with Gasteiger partial charge in [0.2, 0.25) is 5.88 Å². The number of hydrogen-bond donors (Lipinski definition) is 3. The molecule has 1 saturated carbocycles. The topological polar surface area (TPSA) is 92.4 Å². The van der Waals surface area contributed by atoms with Crippen LogP contribution < -0.4 is 20.7 Å². The summed E-state index contributed by atoms with van der Waals surface area (Å²) in [5.74, 6) is 0.230. The highest BCUT2D eigenvalue weighted by atomic mass is 16.5. The molecule has 0 unspecified atom stereocenters. The van der Waals surface area contributed by atoms with Crippen LogP contribution in [0.5, 0.6) is 5.88 Å². The Morgan fingerprint density at radius 2 is 2.04 bits per heavy atom. The lowest BCUT2D eigenvalue weighted by Crippen LogP contribution is -2.39. The Bertz CT molecular complexity index is 513. The minimum Gasteiger partial charge on any atom is -0.468 e. The third kappa shape index (κ3) is 6.14. The fraction of sp³-hybridized carbons (Fsp3) is 0.562. The first-order chi connectivity index (χ1) is 11.2. The van der Waals surface area contributed by atoms with E-state index in [1.165, 1.54) is 25.5 Å². The third-order valence-electron chi connectivity index (χ3n) is 3.65. The van der Waals surface area contributed by atoms with Crippen molar-refractivity contribution in [3.05, 3.63) is 18.3 Å². The second kappa shape index (κ2) is 8.97. The van der Waals surface area contributed by atoms with Gasteiger partial charge in [0, 0.05) is 18.7 Å². The maximum absolute atomic E-state index is 11.8. The molecule has 0 atom stereocenters. The lowest BCUT2D eigenvalue weighted by molar-refractivity contribution is -0.124. The van der Waals surface area contributed by atoms with Crippen molar-refractivity contribution in [2.75, 3.05) is 18.5 Å². The zero-order valence-corrected chi connectivity index (χ0v) is 13.4. The predicted octanol–water partition coefficient (Wildman–Crippen LogP) is 2.05. The molecule has 1 aliphatic carbocycles. The van der Waals surface area contributed by atoms with E-state index in [0.29, 0.717) is 18.1 Å². The number of carbonyl (C=O) groups is 2. The molecule has 1 fully saturated rings. The molecule has 1 heterocycles. The Kier molecular flexibility index (Phi) is 6.65. The van der Waals surface area contributed by atoms with Gasteiger partial charge in [-0.2, -0.15) is 0 Å². The molecule has 126 valence electrons. The van der Waals surface area contributed by atoms with Crippen LogP contribution in [0.2, 0.25) is 0 Å². The van der Waals surface area contributed by atoms with Crippen LogP contribution >= 0.6 is 0 Å². The van der Waals surface area contributed by atoms with Crippen molar-refractivity contribution < 1.29 is 14.3 Å². The van der Waals surface area contributed by atoms with Crippen molar-refractivity contribution in [2.45, 2.75) is 45.1 Å². The molecule has 0 radical (unpaired) electrons. The number of carbonyl (C=O) groups excluding carboxylic acids is 2. The van der Waals surface area contributed by atoms with Crippen molar-refractivity contribution >= 4 is 17.6 Å². The highest BCUT2D eigenvalue weighted by molar-refractivity contribution is 5.88. The Hall–Kier alpha value is -2.31. The van der Waals surface area contributed by atoms with E-state index in [1.807, 2.05) is 6.92 Å². The van der Waals surface area contributed by atoms with Crippen molar-refractivity contribution in [2.24, 2.45) is 0 Å². The molecule has 0 bridgehead atoms. The Labute approximate surface area is 136 Å². The van der Waals surface area contributed by atoms with E-state index >= 15 is 0 Å². The number of amides is 3. The standard InChI is InChI=1S/C16H24N4O3/c1-2-17-16(22)20-13-8-9-15(18-10-13)23-11-14(21)19-12-6-4-3-5-7-12/h8-10,12H,2-7,11H2,1H3,(H,19,21)(H2,17,20,22). The molecule has 2 rings (SSSR count). The maximum Gasteiger partial charge on any atom is 0.319 e. The molecule has 3 amide bonds. The van der Waals surface area contributed by atoms with E-state index in [1.54, 1.807) is 12.1 Å². The fourth-order valence-corrected chi connectivity index (χ4v) is 2.53. The summed E-state index contributed by atoms with van der Waals surface area (Å²) in [5.41, 5.74) is 0.565. The molecular weight excluding hydrogens is 296 g/mol. The first kappa shape index (κ1) is 17.1. The van der Waals surface area contributed by atoms with Crippen LogP contribution in [0.4, 0.5) is 10.5 Å². The molecule has 0 spiro atoms. The van der Waals surface area contributed by atoms with Crippen LogP contribution in [0.25, 0.3) is 0 Å². The van der Waals surface area contributed by atoms with E-state index in [2.05, 4.69) is 20.9 Å². The fourth-order valence-electron chi connectivity index (χ4n) is 2.53. The number of hydrogen-bond acceptors (Lipinski definition) is 4. The summed E-state index contributed by atoms with van der Waals surface area (Å²) in [6, 6.07) is 3.29. The molecule has 7 heteroatoms. The first-order valence-electron chi connectivity index (χ1n) is 8.10. The van der Waals surface area contributed by atoms with Gasteiger partial charge in [0.1, 0.15) is 0 Å². The van der Waals surface area contributed by atoms with Crippen molar-refractivity contribution in [1.29, 1.82) is 0 Å². The maximum atomic E-state index is 11.8. The van der Waals surface area contributed by atoms with Crippen molar-refractivity contribution in [3.8, 4) is 5.88 Å². The Morgan fingerprint density at radius 1 is 1.26 bits per heavy atom. The number of rotatable bonds is 6. The molecule has 0 aromatic carbocycles. The third-order valence-corrected chi connectivity index (χ3v) is 3.65. The van der Waals surface area contributed by atoms with Crippen LogP contribution in [0.15, 0.2) is 18.3 Å². The van der Waals surface area contributed by atoms with Crippen LogP contribution in [0, 0.1) is 0 Å². The summed E-state index contributed by atoms with van der Waals surface area (Å²) in [4.78, 5) is 27.3. The van der Waals surface area contributed by atoms with Gasteiger partial charge in [-0.1, -0.05) is 19.3 Å². The molecule has 7 nitrogen and oxygen atoms in total. The van der Waals surface area contributed by atoms with Gasteiger partial charge in [0.05, 0.1) is 11.9 Å². The number of nitrogens with one attached hydrogen (secondary N) is 3. The second-order valence-electron chi connectivity index (χ2n) is 5.56. The Morgan fingerprint density at radius 3 is 2.70 bits per heavy atom. The smallest absolute Gasteiger partial charge is 0.319 e. The predicted molar refractivity (Wildman–Crippen MR) is 87.4 cm³/mol. The highest BCUT2D eigenvalue weighted by Gasteiger charge is 2.15. The summed E-state index contributed by atoms with van der Waals surface area (Å²) in [6.45, 7) is 2.34.